The monoisotopic (exact) mass is 271 g/mol. The van der Waals surface area contributed by atoms with Gasteiger partial charge in [0.2, 0.25) is 0 Å². The highest BCUT2D eigenvalue weighted by molar-refractivity contribution is 4.82. The van der Waals surface area contributed by atoms with Crippen molar-refractivity contribution in [2.45, 2.75) is 54.0 Å². The van der Waals surface area contributed by atoms with Gasteiger partial charge >= 0.3 is 0 Å². The maximum Gasteiger partial charge on any atom is 0.00991 e. The van der Waals surface area contributed by atoms with E-state index in [0.29, 0.717) is 11.5 Å². The summed E-state index contributed by atoms with van der Waals surface area (Å²) >= 11 is 0. The van der Waals surface area contributed by atoms with Gasteiger partial charge in [-0.2, -0.15) is 0 Å². The maximum absolute atomic E-state index is 3.39. The van der Waals surface area contributed by atoms with Crippen LogP contribution in [0.25, 0.3) is 0 Å². The Morgan fingerprint density at radius 3 is 1.84 bits per heavy atom. The Bertz CT molecular complexity index is 212. The Balaban J connectivity index is 4.14. The van der Waals surface area contributed by atoms with Crippen molar-refractivity contribution in [1.29, 1.82) is 0 Å². The third-order valence-corrected chi connectivity index (χ3v) is 4.53. The van der Waals surface area contributed by atoms with Gasteiger partial charge in [0.1, 0.15) is 0 Å². The molecule has 0 saturated heterocycles. The van der Waals surface area contributed by atoms with E-state index in [-0.39, 0.29) is 0 Å². The summed E-state index contributed by atoms with van der Waals surface area (Å²) in [4.78, 5) is 5.10. The van der Waals surface area contributed by atoms with E-state index in [1.807, 2.05) is 0 Å². The molecule has 0 aliphatic rings. The summed E-state index contributed by atoms with van der Waals surface area (Å²) in [5.41, 5.74) is 0.319. The van der Waals surface area contributed by atoms with Crippen molar-refractivity contribution in [3.05, 3.63) is 0 Å². The molecule has 0 saturated carbocycles. The van der Waals surface area contributed by atoms with Gasteiger partial charge in [-0.05, 0) is 58.5 Å². The summed E-state index contributed by atoms with van der Waals surface area (Å²) in [7, 11) is 2.06. The minimum absolute atomic E-state index is 0.319. The highest BCUT2D eigenvalue weighted by atomic mass is 15.1. The van der Waals surface area contributed by atoms with Crippen LogP contribution >= 0.6 is 0 Å². The molecule has 0 aromatic rings. The van der Waals surface area contributed by atoms with E-state index in [9.17, 15) is 0 Å². The summed E-state index contributed by atoms with van der Waals surface area (Å²) in [5.74, 6) is 0. The highest BCUT2D eigenvalue weighted by Crippen LogP contribution is 2.21. The molecule has 0 aliphatic carbocycles. The second-order valence-electron chi connectivity index (χ2n) is 6.25. The largest absolute Gasteiger partial charge is 0.317 e. The van der Waals surface area contributed by atoms with Gasteiger partial charge < -0.3 is 15.1 Å². The molecule has 0 aromatic heterocycles. The number of nitrogens with zero attached hydrogens (tertiary/aromatic N) is 2. The molecule has 0 amide bonds. The third-order valence-electron chi connectivity index (χ3n) is 4.53. The van der Waals surface area contributed by atoms with Crippen LogP contribution in [0.2, 0.25) is 0 Å². The molecule has 1 unspecified atom stereocenters. The fourth-order valence-corrected chi connectivity index (χ4v) is 2.51. The first-order chi connectivity index (χ1) is 8.91. The van der Waals surface area contributed by atoms with Crippen molar-refractivity contribution in [2.24, 2.45) is 5.41 Å². The average Bonchev–Trinajstić information content (AvgIpc) is 2.41. The molecule has 0 aromatic carbocycles. The van der Waals surface area contributed by atoms with Crippen LogP contribution in [0.3, 0.4) is 0 Å². The average molecular weight is 271 g/mol. The SMILES string of the molecule is CCN(CC)CCCN(CC)CC(C)(C)C(C)NC. The second kappa shape index (κ2) is 9.73. The van der Waals surface area contributed by atoms with Crippen molar-refractivity contribution in [1.82, 2.24) is 15.1 Å². The second-order valence-corrected chi connectivity index (χ2v) is 6.25. The molecule has 116 valence electrons. The van der Waals surface area contributed by atoms with Crippen LogP contribution in [0.4, 0.5) is 0 Å². The molecule has 0 spiro atoms. The van der Waals surface area contributed by atoms with Crippen molar-refractivity contribution >= 4 is 0 Å². The van der Waals surface area contributed by atoms with Crippen molar-refractivity contribution < 1.29 is 0 Å². The summed E-state index contributed by atoms with van der Waals surface area (Å²) < 4.78 is 0. The molecule has 0 rings (SSSR count). The van der Waals surface area contributed by atoms with E-state index in [4.69, 9.17) is 0 Å². The maximum atomic E-state index is 3.39. The molecule has 0 radical (unpaired) electrons. The van der Waals surface area contributed by atoms with Gasteiger partial charge in [0.25, 0.3) is 0 Å². The lowest BCUT2D eigenvalue weighted by molar-refractivity contribution is 0.144. The fourth-order valence-electron chi connectivity index (χ4n) is 2.51. The Morgan fingerprint density at radius 1 is 0.947 bits per heavy atom. The van der Waals surface area contributed by atoms with Crippen molar-refractivity contribution in [3.8, 4) is 0 Å². The number of rotatable bonds is 11. The van der Waals surface area contributed by atoms with Gasteiger partial charge in [0.05, 0.1) is 0 Å². The Kier molecular flexibility index (Phi) is 9.67. The van der Waals surface area contributed by atoms with Crippen LogP contribution < -0.4 is 5.32 Å². The van der Waals surface area contributed by atoms with Crippen LogP contribution in [0, 0.1) is 5.41 Å². The predicted molar refractivity (Wildman–Crippen MR) is 86.8 cm³/mol. The summed E-state index contributed by atoms with van der Waals surface area (Å²) in [6, 6.07) is 0.546. The van der Waals surface area contributed by atoms with Crippen molar-refractivity contribution in [2.75, 3.05) is 46.3 Å². The zero-order valence-electron chi connectivity index (χ0n) is 14.4. The highest BCUT2D eigenvalue weighted by Gasteiger charge is 2.26. The molecule has 19 heavy (non-hydrogen) atoms. The van der Waals surface area contributed by atoms with Crippen LogP contribution in [-0.4, -0.2) is 62.2 Å². The lowest BCUT2D eigenvalue weighted by Crippen LogP contribution is -2.46. The van der Waals surface area contributed by atoms with Gasteiger partial charge in [0, 0.05) is 12.6 Å². The quantitative estimate of drug-likeness (QED) is 0.623. The van der Waals surface area contributed by atoms with Gasteiger partial charge in [-0.1, -0.05) is 34.6 Å². The Labute approximate surface area is 121 Å². The van der Waals surface area contributed by atoms with E-state index < -0.39 is 0 Å². The summed E-state index contributed by atoms with van der Waals surface area (Å²) in [5, 5.41) is 3.39. The lowest BCUT2D eigenvalue weighted by atomic mass is 9.85. The van der Waals surface area contributed by atoms with Crippen molar-refractivity contribution in [3.63, 3.8) is 0 Å². The van der Waals surface area contributed by atoms with Gasteiger partial charge in [-0.25, -0.2) is 0 Å². The first kappa shape index (κ1) is 18.9. The predicted octanol–water partition coefficient (Wildman–Crippen LogP) is 2.67. The Morgan fingerprint density at radius 2 is 1.42 bits per heavy atom. The molecule has 1 N–H and O–H groups in total. The normalized spacial score (nSPS) is 14.4. The number of hydrogen-bond donors (Lipinski definition) is 1. The molecule has 3 nitrogen and oxygen atoms in total. The fraction of sp³-hybridized carbons (Fsp3) is 1.00. The first-order valence-corrected chi connectivity index (χ1v) is 8.03. The minimum atomic E-state index is 0.319. The lowest BCUT2D eigenvalue weighted by Gasteiger charge is -2.37. The molecule has 3 heteroatoms. The minimum Gasteiger partial charge on any atom is -0.317 e. The van der Waals surface area contributed by atoms with E-state index in [0.717, 1.165) is 6.54 Å². The third kappa shape index (κ3) is 7.28. The van der Waals surface area contributed by atoms with Crippen LogP contribution in [0.1, 0.15) is 48.0 Å². The molecule has 0 heterocycles. The molecular formula is C16H37N3. The Hall–Kier alpha value is -0.120. The standard InChI is InChI=1S/C16H37N3/c1-8-18(9-2)12-11-13-19(10-3)14-16(5,6)15(4)17-7/h15,17H,8-14H2,1-7H3. The molecule has 1 atom stereocenters. The van der Waals surface area contributed by atoms with Crippen LogP contribution in [-0.2, 0) is 0 Å². The van der Waals surface area contributed by atoms with E-state index in [2.05, 4.69) is 63.7 Å². The van der Waals surface area contributed by atoms with E-state index in [1.165, 1.54) is 39.1 Å². The number of nitrogens with one attached hydrogen (secondary N) is 1. The zero-order chi connectivity index (χ0) is 14.9. The van der Waals surface area contributed by atoms with Gasteiger partial charge in [0.15, 0.2) is 0 Å². The van der Waals surface area contributed by atoms with E-state index in [1.54, 1.807) is 0 Å². The number of hydrogen-bond acceptors (Lipinski definition) is 3. The molecular weight excluding hydrogens is 234 g/mol. The van der Waals surface area contributed by atoms with Gasteiger partial charge in [-0.3, -0.25) is 0 Å². The topological polar surface area (TPSA) is 18.5 Å². The zero-order valence-corrected chi connectivity index (χ0v) is 14.4. The van der Waals surface area contributed by atoms with Crippen LogP contribution in [0.5, 0.6) is 0 Å². The molecule has 0 bridgehead atoms. The first-order valence-electron chi connectivity index (χ1n) is 8.03. The summed E-state index contributed by atoms with van der Waals surface area (Å²) in [6.45, 7) is 20.9. The molecule has 0 fully saturated rings. The van der Waals surface area contributed by atoms with Gasteiger partial charge in [-0.15, -0.1) is 0 Å². The molecule has 0 aliphatic heterocycles. The summed E-state index contributed by atoms with van der Waals surface area (Å²) in [6.07, 6.45) is 1.28. The smallest absolute Gasteiger partial charge is 0.00991 e. The van der Waals surface area contributed by atoms with E-state index >= 15 is 0 Å². The van der Waals surface area contributed by atoms with Crippen LogP contribution in [0.15, 0.2) is 0 Å².